The molecular formula is C25H26F4. The van der Waals surface area contributed by atoms with Crippen molar-refractivity contribution in [3.8, 4) is 11.1 Å². The third-order valence-electron chi connectivity index (χ3n) is 5.38. The maximum absolute atomic E-state index is 14.4. The van der Waals surface area contributed by atoms with Gasteiger partial charge in [-0.2, -0.15) is 13.2 Å². The minimum atomic E-state index is -4.69. The first-order valence-electron chi connectivity index (χ1n) is 10.3. The van der Waals surface area contributed by atoms with E-state index >= 15 is 0 Å². The van der Waals surface area contributed by atoms with Crippen LogP contribution >= 0.6 is 0 Å². The number of benzene rings is 3. The molecule has 0 aromatic heterocycles. The van der Waals surface area contributed by atoms with E-state index in [4.69, 9.17) is 0 Å². The predicted octanol–water partition coefficient (Wildman–Crippen LogP) is 8.35. The lowest BCUT2D eigenvalue weighted by atomic mass is 9.85. The van der Waals surface area contributed by atoms with Gasteiger partial charge in [0.2, 0.25) is 0 Å². The van der Waals surface area contributed by atoms with Crippen LogP contribution in [-0.2, 0) is 19.0 Å². The van der Waals surface area contributed by atoms with Crippen LogP contribution in [0.25, 0.3) is 21.9 Å². The smallest absolute Gasteiger partial charge is 0.206 e. The van der Waals surface area contributed by atoms with Gasteiger partial charge in [0.05, 0.1) is 5.56 Å². The molecule has 0 aliphatic heterocycles. The second-order valence-corrected chi connectivity index (χ2v) is 7.51. The molecule has 0 N–H and O–H groups in total. The standard InChI is InChI=1S/C25H26F4/c1-3-5-9-18-15-17-10-7-8-12-20(17)21(11-6-4-2)24(18)19-13-14-22(23(26)16-19)25(27,28)29/h7-8,10,12-16H,3-6,9,11H2,1-2H3. The zero-order valence-electron chi connectivity index (χ0n) is 16.9. The van der Waals surface area contributed by atoms with Crippen LogP contribution in [0.15, 0.2) is 48.5 Å². The average molecular weight is 402 g/mol. The summed E-state index contributed by atoms with van der Waals surface area (Å²) in [6.45, 7) is 4.22. The van der Waals surface area contributed by atoms with E-state index in [1.54, 1.807) is 0 Å². The van der Waals surface area contributed by atoms with Crippen molar-refractivity contribution in [3.63, 3.8) is 0 Å². The maximum Gasteiger partial charge on any atom is 0.419 e. The van der Waals surface area contributed by atoms with Crippen molar-refractivity contribution in [2.75, 3.05) is 0 Å². The third kappa shape index (κ3) is 4.63. The van der Waals surface area contributed by atoms with Crippen LogP contribution in [0.1, 0.15) is 56.2 Å². The van der Waals surface area contributed by atoms with Crippen molar-refractivity contribution in [3.05, 3.63) is 71.0 Å². The topological polar surface area (TPSA) is 0 Å². The molecule has 0 heterocycles. The second-order valence-electron chi connectivity index (χ2n) is 7.51. The first kappa shape index (κ1) is 21.4. The Hall–Kier alpha value is -2.36. The molecule has 0 aliphatic carbocycles. The predicted molar refractivity (Wildman–Crippen MR) is 112 cm³/mol. The Morgan fingerprint density at radius 2 is 1.52 bits per heavy atom. The van der Waals surface area contributed by atoms with Crippen molar-refractivity contribution < 1.29 is 17.6 Å². The summed E-state index contributed by atoms with van der Waals surface area (Å²) in [6, 6.07) is 13.5. The Morgan fingerprint density at radius 1 is 0.828 bits per heavy atom. The molecule has 0 saturated carbocycles. The number of rotatable bonds is 7. The van der Waals surface area contributed by atoms with Crippen molar-refractivity contribution in [1.29, 1.82) is 0 Å². The van der Waals surface area contributed by atoms with Crippen LogP contribution < -0.4 is 0 Å². The molecule has 3 rings (SSSR count). The molecule has 0 spiro atoms. The SMILES string of the molecule is CCCCc1cc2ccccc2c(CCCC)c1-c1ccc(C(F)(F)F)c(F)c1. The Labute approximate surface area is 169 Å². The summed E-state index contributed by atoms with van der Waals surface area (Å²) in [5, 5.41) is 2.22. The van der Waals surface area contributed by atoms with Gasteiger partial charge in [-0.3, -0.25) is 0 Å². The first-order valence-corrected chi connectivity index (χ1v) is 10.3. The number of alkyl halides is 3. The molecule has 0 bridgehead atoms. The summed E-state index contributed by atoms with van der Waals surface area (Å²) in [5.41, 5.74) is 2.40. The van der Waals surface area contributed by atoms with E-state index in [1.165, 1.54) is 6.07 Å². The van der Waals surface area contributed by atoms with Gasteiger partial charge in [0.25, 0.3) is 0 Å². The van der Waals surface area contributed by atoms with Crippen molar-refractivity contribution >= 4 is 10.8 Å². The molecule has 3 aromatic carbocycles. The summed E-state index contributed by atoms with van der Waals surface area (Å²) in [5.74, 6) is -1.22. The third-order valence-corrected chi connectivity index (χ3v) is 5.38. The maximum atomic E-state index is 14.4. The zero-order chi connectivity index (χ0) is 21.0. The number of unbranched alkanes of at least 4 members (excludes halogenated alkanes) is 2. The summed E-state index contributed by atoms with van der Waals surface area (Å²) in [7, 11) is 0. The highest BCUT2D eigenvalue weighted by molar-refractivity contribution is 5.93. The lowest BCUT2D eigenvalue weighted by Gasteiger charge is -2.19. The Balaban J connectivity index is 2.27. The van der Waals surface area contributed by atoms with Gasteiger partial charge in [-0.1, -0.05) is 63.1 Å². The van der Waals surface area contributed by atoms with Gasteiger partial charge >= 0.3 is 6.18 Å². The van der Waals surface area contributed by atoms with Crippen LogP contribution in [0.3, 0.4) is 0 Å². The first-order chi connectivity index (χ1) is 13.9. The Kier molecular flexibility index (Phi) is 6.61. The van der Waals surface area contributed by atoms with Crippen LogP contribution in [-0.4, -0.2) is 0 Å². The fraction of sp³-hybridized carbons (Fsp3) is 0.360. The van der Waals surface area contributed by atoms with E-state index in [9.17, 15) is 17.6 Å². The van der Waals surface area contributed by atoms with Crippen molar-refractivity contribution in [2.24, 2.45) is 0 Å². The quantitative estimate of drug-likeness (QED) is 0.348. The largest absolute Gasteiger partial charge is 0.419 e. The monoisotopic (exact) mass is 402 g/mol. The van der Waals surface area contributed by atoms with Gasteiger partial charge in [0.1, 0.15) is 5.82 Å². The molecule has 4 heteroatoms. The van der Waals surface area contributed by atoms with Gasteiger partial charge in [-0.05, 0) is 70.8 Å². The number of aryl methyl sites for hydroxylation is 2. The van der Waals surface area contributed by atoms with Crippen LogP contribution in [0.2, 0.25) is 0 Å². The molecule has 3 aromatic rings. The summed E-state index contributed by atoms with van der Waals surface area (Å²) < 4.78 is 53.5. The minimum absolute atomic E-state index is 0.526. The fourth-order valence-electron chi connectivity index (χ4n) is 3.92. The Morgan fingerprint density at radius 3 is 2.17 bits per heavy atom. The lowest BCUT2D eigenvalue weighted by Crippen LogP contribution is -2.08. The number of hydrogen-bond acceptors (Lipinski definition) is 0. The normalized spacial score (nSPS) is 11.9. The molecule has 0 atom stereocenters. The van der Waals surface area contributed by atoms with Crippen molar-refractivity contribution in [1.82, 2.24) is 0 Å². The average Bonchev–Trinajstić information content (AvgIpc) is 2.68. The van der Waals surface area contributed by atoms with Gasteiger partial charge in [-0.15, -0.1) is 0 Å². The molecule has 0 aliphatic rings. The molecule has 154 valence electrons. The highest BCUT2D eigenvalue weighted by atomic mass is 19.4. The van der Waals surface area contributed by atoms with Crippen LogP contribution in [0.5, 0.6) is 0 Å². The van der Waals surface area contributed by atoms with E-state index in [-0.39, 0.29) is 0 Å². The van der Waals surface area contributed by atoms with E-state index in [2.05, 4.69) is 26.0 Å². The molecule has 0 fully saturated rings. The zero-order valence-corrected chi connectivity index (χ0v) is 16.9. The minimum Gasteiger partial charge on any atom is -0.206 e. The van der Waals surface area contributed by atoms with E-state index < -0.39 is 17.6 Å². The molecule has 0 radical (unpaired) electrons. The number of hydrogen-bond donors (Lipinski definition) is 0. The number of halogens is 4. The van der Waals surface area contributed by atoms with Gasteiger partial charge in [0, 0.05) is 0 Å². The summed E-state index contributed by atoms with van der Waals surface area (Å²) in [4.78, 5) is 0. The molecule has 0 unspecified atom stereocenters. The van der Waals surface area contributed by atoms with Crippen LogP contribution in [0.4, 0.5) is 17.6 Å². The van der Waals surface area contributed by atoms with Gasteiger partial charge < -0.3 is 0 Å². The molecule has 0 saturated heterocycles. The van der Waals surface area contributed by atoms with E-state index in [0.29, 0.717) is 5.56 Å². The van der Waals surface area contributed by atoms with Gasteiger partial charge in [-0.25, -0.2) is 4.39 Å². The summed E-state index contributed by atoms with van der Waals surface area (Å²) >= 11 is 0. The van der Waals surface area contributed by atoms with Crippen LogP contribution in [0, 0.1) is 5.82 Å². The van der Waals surface area contributed by atoms with E-state index in [0.717, 1.165) is 78.1 Å². The van der Waals surface area contributed by atoms with E-state index in [1.807, 2.05) is 18.2 Å². The highest BCUT2D eigenvalue weighted by Crippen LogP contribution is 2.39. The molecule has 0 nitrogen and oxygen atoms in total. The molecule has 0 amide bonds. The highest BCUT2D eigenvalue weighted by Gasteiger charge is 2.34. The fourth-order valence-corrected chi connectivity index (χ4v) is 3.92. The molecule has 29 heavy (non-hydrogen) atoms. The second kappa shape index (κ2) is 8.98. The van der Waals surface area contributed by atoms with Crippen molar-refractivity contribution in [2.45, 2.75) is 58.5 Å². The van der Waals surface area contributed by atoms with Gasteiger partial charge in [0.15, 0.2) is 0 Å². The Bertz CT molecular complexity index is 986. The lowest BCUT2D eigenvalue weighted by molar-refractivity contribution is -0.139. The number of fused-ring (bicyclic) bond motifs is 1. The summed E-state index contributed by atoms with van der Waals surface area (Å²) in [6.07, 6.45) is 0.904. The molecular weight excluding hydrogens is 376 g/mol.